The number of benzene rings is 2. The molecule has 0 unspecified atom stereocenters. The number of hydrogen-bond donors (Lipinski definition) is 2. The normalized spacial score (nSPS) is 12.9. The topological polar surface area (TPSA) is 111 Å². The first kappa shape index (κ1) is 23.3. The Morgan fingerprint density at radius 2 is 1.87 bits per heavy atom. The average molecular weight is 437 g/mol. The number of carbonyl (C=O) groups is 2. The van der Waals surface area contributed by atoms with Crippen LogP contribution in [0.15, 0.2) is 42.5 Å². The van der Waals surface area contributed by atoms with Gasteiger partial charge in [-0.3, -0.25) is 9.59 Å². The second kappa shape index (κ2) is 11.3. The molecule has 1 heterocycles. The van der Waals surface area contributed by atoms with E-state index in [9.17, 15) is 4.79 Å². The van der Waals surface area contributed by atoms with Crippen LogP contribution in [0, 0.1) is 0 Å². The van der Waals surface area contributed by atoms with Gasteiger partial charge in [-0.1, -0.05) is 23.7 Å². The molecule has 1 aliphatic heterocycles. The molecule has 0 aromatic heterocycles. The lowest BCUT2D eigenvalue weighted by Crippen LogP contribution is -2.56. The zero-order valence-corrected chi connectivity index (χ0v) is 17.6. The van der Waals surface area contributed by atoms with Gasteiger partial charge in [0.05, 0.1) is 30.8 Å². The molecule has 3 rings (SSSR count). The van der Waals surface area contributed by atoms with Crippen molar-refractivity contribution in [3.63, 3.8) is 0 Å². The van der Waals surface area contributed by atoms with Crippen molar-refractivity contribution < 1.29 is 28.9 Å². The first-order valence-corrected chi connectivity index (χ1v) is 9.64. The number of carbonyl (C=O) groups excluding carboxylic acids is 1. The van der Waals surface area contributed by atoms with Gasteiger partial charge in [-0.15, -0.1) is 0 Å². The molecule has 1 saturated heterocycles. The molecule has 0 spiro atoms. The van der Waals surface area contributed by atoms with Crippen LogP contribution in [-0.4, -0.2) is 61.3 Å². The van der Waals surface area contributed by atoms with E-state index in [1.165, 1.54) is 0 Å². The van der Waals surface area contributed by atoms with E-state index < -0.39 is 5.97 Å². The predicted octanol–water partition coefficient (Wildman–Crippen LogP) is 2.68. The summed E-state index contributed by atoms with van der Waals surface area (Å²) in [6.45, 7) is 2.76. The van der Waals surface area contributed by atoms with Crippen molar-refractivity contribution in [2.75, 3.05) is 33.4 Å². The number of carboxylic acids is 1. The monoisotopic (exact) mass is 436 g/mol. The minimum absolute atomic E-state index is 0.0782. The minimum Gasteiger partial charge on any atom is -0.497 e. The van der Waals surface area contributed by atoms with Crippen molar-refractivity contribution in [2.24, 2.45) is 5.73 Å². The highest BCUT2D eigenvalue weighted by Crippen LogP contribution is 2.30. The van der Waals surface area contributed by atoms with Gasteiger partial charge in [0.1, 0.15) is 30.0 Å². The number of ether oxygens (including phenoxy) is 3. The molecule has 0 bridgehead atoms. The average Bonchev–Trinajstić information content (AvgIpc) is 2.69. The fraction of sp³-hybridized carbons (Fsp3) is 0.333. The van der Waals surface area contributed by atoms with Gasteiger partial charge in [0, 0.05) is 19.5 Å². The number of likely N-dealkylation sites (tertiary alicyclic amines) is 1. The molecule has 2 aromatic rings. The maximum absolute atomic E-state index is 12.8. The summed E-state index contributed by atoms with van der Waals surface area (Å²) < 4.78 is 16.6. The SMILES string of the molecule is CC(=O)O.COc1ccc(C(=O)N2CC(Oc3ccccc3Cl)C2)c(OCCN)c1. The van der Waals surface area contributed by atoms with Crippen LogP contribution in [0.5, 0.6) is 17.2 Å². The van der Waals surface area contributed by atoms with Gasteiger partial charge in [0.2, 0.25) is 0 Å². The molecule has 9 heteroatoms. The van der Waals surface area contributed by atoms with Crippen molar-refractivity contribution in [1.82, 2.24) is 4.90 Å². The number of methoxy groups -OCH3 is 1. The Hall–Kier alpha value is -2.97. The molecule has 2 aromatic carbocycles. The Morgan fingerprint density at radius 1 is 1.20 bits per heavy atom. The number of nitrogens with zero attached hydrogens (tertiary/aromatic N) is 1. The summed E-state index contributed by atoms with van der Waals surface area (Å²) >= 11 is 6.10. The number of rotatable bonds is 7. The van der Waals surface area contributed by atoms with Gasteiger partial charge >= 0.3 is 0 Å². The quantitative estimate of drug-likeness (QED) is 0.686. The van der Waals surface area contributed by atoms with E-state index in [2.05, 4.69) is 0 Å². The van der Waals surface area contributed by atoms with Gasteiger partial charge in [0.15, 0.2) is 0 Å². The van der Waals surface area contributed by atoms with Crippen molar-refractivity contribution in [1.29, 1.82) is 0 Å². The first-order chi connectivity index (χ1) is 14.3. The second-order valence-electron chi connectivity index (χ2n) is 6.40. The predicted molar refractivity (Wildman–Crippen MR) is 113 cm³/mol. The van der Waals surface area contributed by atoms with Crippen LogP contribution < -0.4 is 19.9 Å². The zero-order valence-electron chi connectivity index (χ0n) is 16.8. The summed E-state index contributed by atoms with van der Waals surface area (Å²) in [7, 11) is 1.57. The van der Waals surface area contributed by atoms with E-state index in [-0.39, 0.29) is 12.0 Å². The number of halogens is 1. The third-order valence-electron chi connectivity index (χ3n) is 4.06. The molecular formula is C21H25ClN2O6. The van der Waals surface area contributed by atoms with Crippen LogP contribution in [0.3, 0.4) is 0 Å². The van der Waals surface area contributed by atoms with Crippen LogP contribution in [-0.2, 0) is 4.79 Å². The number of carboxylic acid groups (broad SMARTS) is 1. The van der Waals surface area contributed by atoms with E-state index in [0.29, 0.717) is 54.1 Å². The highest BCUT2D eigenvalue weighted by atomic mass is 35.5. The Kier molecular flexibility index (Phi) is 8.76. The zero-order chi connectivity index (χ0) is 22.1. The fourth-order valence-electron chi connectivity index (χ4n) is 2.66. The van der Waals surface area contributed by atoms with Crippen molar-refractivity contribution in [3.05, 3.63) is 53.1 Å². The Labute approximate surface area is 180 Å². The fourth-order valence-corrected chi connectivity index (χ4v) is 2.84. The van der Waals surface area contributed by atoms with Gasteiger partial charge in [-0.05, 0) is 24.3 Å². The van der Waals surface area contributed by atoms with E-state index in [1.54, 1.807) is 36.3 Å². The Balaban J connectivity index is 0.000000735. The molecule has 30 heavy (non-hydrogen) atoms. The second-order valence-corrected chi connectivity index (χ2v) is 6.81. The van der Waals surface area contributed by atoms with Gasteiger partial charge in [-0.2, -0.15) is 0 Å². The Morgan fingerprint density at radius 3 is 2.47 bits per heavy atom. The molecule has 8 nitrogen and oxygen atoms in total. The van der Waals surface area contributed by atoms with E-state index in [4.69, 9.17) is 41.4 Å². The van der Waals surface area contributed by atoms with Crippen LogP contribution in [0.1, 0.15) is 17.3 Å². The largest absolute Gasteiger partial charge is 0.497 e. The number of nitrogens with two attached hydrogens (primary N) is 1. The first-order valence-electron chi connectivity index (χ1n) is 9.26. The third-order valence-corrected chi connectivity index (χ3v) is 4.37. The summed E-state index contributed by atoms with van der Waals surface area (Å²) in [5.74, 6) is 0.772. The van der Waals surface area contributed by atoms with E-state index >= 15 is 0 Å². The number of hydrogen-bond acceptors (Lipinski definition) is 6. The molecule has 0 atom stereocenters. The van der Waals surface area contributed by atoms with E-state index in [1.807, 2.05) is 18.2 Å². The lowest BCUT2D eigenvalue weighted by atomic mass is 10.1. The maximum atomic E-state index is 12.8. The summed E-state index contributed by atoms with van der Waals surface area (Å²) in [5, 5.41) is 7.98. The van der Waals surface area contributed by atoms with Crippen LogP contribution >= 0.6 is 11.6 Å². The number of amides is 1. The molecule has 1 amide bonds. The van der Waals surface area contributed by atoms with E-state index in [0.717, 1.165) is 6.92 Å². The summed E-state index contributed by atoms with van der Waals surface area (Å²) in [6, 6.07) is 12.4. The molecule has 1 fully saturated rings. The van der Waals surface area contributed by atoms with Crippen LogP contribution in [0.25, 0.3) is 0 Å². The molecule has 0 aliphatic carbocycles. The van der Waals surface area contributed by atoms with Crippen molar-refractivity contribution in [3.8, 4) is 17.2 Å². The van der Waals surface area contributed by atoms with Crippen molar-refractivity contribution in [2.45, 2.75) is 13.0 Å². The molecule has 0 saturated carbocycles. The third kappa shape index (κ3) is 6.53. The number of para-hydroxylation sites is 1. The number of aliphatic carboxylic acids is 1. The van der Waals surface area contributed by atoms with Gasteiger partial charge < -0.3 is 30.0 Å². The molecule has 3 N–H and O–H groups in total. The molecule has 0 radical (unpaired) electrons. The summed E-state index contributed by atoms with van der Waals surface area (Å²) in [4.78, 5) is 23.5. The molecule has 162 valence electrons. The van der Waals surface area contributed by atoms with Gasteiger partial charge in [-0.25, -0.2) is 0 Å². The van der Waals surface area contributed by atoms with Gasteiger partial charge in [0.25, 0.3) is 11.9 Å². The lowest BCUT2D eigenvalue weighted by molar-refractivity contribution is -0.134. The Bertz CT molecular complexity index is 866. The highest BCUT2D eigenvalue weighted by molar-refractivity contribution is 6.32. The lowest BCUT2D eigenvalue weighted by Gasteiger charge is -2.39. The standard InChI is InChI=1S/C19H21ClN2O4.C2H4O2/c1-24-13-6-7-15(18(10-13)25-9-8-21)19(23)22-11-14(12-22)26-17-5-3-2-4-16(17)20;1-2(3)4/h2-7,10,14H,8-9,11-12,21H2,1H3;1H3,(H,3,4). The highest BCUT2D eigenvalue weighted by Gasteiger charge is 2.34. The maximum Gasteiger partial charge on any atom is 0.300 e. The van der Waals surface area contributed by atoms with Crippen LogP contribution in [0.4, 0.5) is 0 Å². The summed E-state index contributed by atoms with van der Waals surface area (Å²) in [6.07, 6.45) is -0.0782. The smallest absolute Gasteiger partial charge is 0.300 e. The molecular weight excluding hydrogens is 412 g/mol. The summed E-state index contributed by atoms with van der Waals surface area (Å²) in [5.41, 5.74) is 5.98. The van der Waals surface area contributed by atoms with Crippen LogP contribution in [0.2, 0.25) is 5.02 Å². The minimum atomic E-state index is -0.833. The molecule has 1 aliphatic rings. The van der Waals surface area contributed by atoms with Crippen molar-refractivity contribution >= 4 is 23.5 Å².